The van der Waals surface area contributed by atoms with Crippen LogP contribution in [-0.4, -0.2) is 60.5 Å². The molecule has 24 heavy (non-hydrogen) atoms. The largest absolute Gasteiger partial charge is 0.345 e. The highest BCUT2D eigenvalue weighted by atomic mass is 16.2. The second-order valence-electron chi connectivity index (χ2n) is 6.02. The highest BCUT2D eigenvalue weighted by Gasteiger charge is 2.22. The molecule has 1 amide bonds. The van der Waals surface area contributed by atoms with Crippen LogP contribution in [-0.2, 0) is 0 Å². The minimum Gasteiger partial charge on any atom is -0.345 e. The number of nitrogens with zero attached hydrogens (tertiary/aromatic N) is 4. The molecule has 2 heterocycles. The first kappa shape index (κ1) is 16.5. The summed E-state index contributed by atoms with van der Waals surface area (Å²) in [4.78, 5) is 23.4. The third-order valence-corrected chi connectivity index (χ3v) is 4.60. The van der Waals surface area contributed by atoms with Gasteiger partial charge < -0.3 is 14.7 Å². The number of aromatic nitrogens is 1. The Morgan fingerprint density at radius 2 is 1.79 bits per heavy atom. The number of rotatable bonds is 4. The normalized spacial score (nSPS) is 15.3. The van der Waals surface area contributed by atoms with Gasteiger partial charge in [-0.1, -0.05) is 25.1 Å². The molecule has 1 aliphatic rings. The van der Waals surface area contributed by atoms with Crippen molar-refractivity contribution in [3.8, 4) is 0 Å². The van der Waals surface area contributed by atoms with E-state index in [0.29, 0.717) is 5.69 Å². The third kappa shape index (κ3) is 3.57. The van der Waals surface area contributed by atoms with Crippen molar-refractivity contribution in [2.45, 2.75) is 6.92 Å². The topological polar surface area (TPSA) is 39.7 Å². The van der Waals surface area contributed by atoms with Gasteiger partial charge in [-0.25, -0.2) is 0 Å². The zero-order valence-electron chi connectivity index (χ0n) is 14.4. The molecule has 0 spiro atoms. The summed E-state index contributed by atoms with van der Waals surface area (Å²) in [5.41, 5.74) is 2.56. The van der Waals surface area contributed by atoms with Crippen molar-refractivity contribution >= 4 is 17.3 Å². The maximum Gasteiger partial charge on any atom is 0.272 e. The summed E-state index contributed by atoms with van der Waals surface area (Å²) in [6, 6.07) is 13.9. The highest BCUT2D eigenvalue weighted by Crippen LogP contribution is 2.23. The quantitative estimate of drug-likeness (QED) is 0.867. The molecule has 2 aromatic rings. The Morgan fingerprint density at radius 1 is 1.08 bits per heavy atom. The van der Waals surface area contributed by atoms with E-state index in [0.717, 1.165) is 44.1 Å². The summed E-state index contributed by atoms with van der Waals surface area (Å²) in [5, 5.41) is 0. The average Bonchev–Trinajstić information content (AvgIpc) is 2.67. The fourth-order valence-electron chi connectivity index (χ4n) is 2.97. The van der Waals surface area contributed by atoms with Crippen molar-refractivity contribution in [1.82, 2.24) is 14.8 Å². The van der Waals surface area contributed by atoms with E-state index in [1.54, 1.807) is 6.20 Å². The number of carbonyl (C=O) groups excluding carboxylic acids is 1. The van der Waals surface area contributed by atoms with Gasteiger partial charge in [0.2, 0.25) is 0 Å². The van der Waals surface area contributed by atoms with Gasteiger partial charge in [0.05, 0.1) is 0 Å². The number of amides is 1. The van der Waals surface area contributed by atoms with Gasteiger partial charge in [-0.05, 0) is 30.8 Å². The lowest BCUT2D eigenvalue weighted by Gasteiger charge is -2.34. The number of anilines is 2. The molecule has 1 aliphatic heterocycles. The van der Waals surface area contributed by atoms with E-state index in [1.165, 1.54) is 0 Å². The molecular formula is C19H24N4O. The summed E-state index contributed by atoms with van der Waals surface area (Å²) in [5.74, 6) is 0.0223. The van der Waals surface area contributed by atoms with Crippen molar-refractivity contribution in [1.29, 1.82) is 0 Å². The van der Waals surface area contributed by atoms with E-state index < -0.39 is 0 Å². The number of piperazine rings is 1. The Kier molecular flexibility index (Phi) is 5.11. The first-order chi connectivity index (χ1) is 11.7. The van der Waals surface area contributed by atoms with Crippen LogP contribution >= 0.6 is 0 Å². The predicted octanol–water partition coefficient (Wildman–Crippen LogP) is 2.63. The minimum absolute atomic E-state index is 0.0223. The van der Waals surface area contributed by atoms with Crippen LogP contribution in [0.3, 0.4) is 0 Å². The van der Waals surface area contributed by atoms with E-state index >= 15 is 0 Å². The molecule has 5 nitrogen and oxygen atoms in total. The van der Waals surface area contributed by atoms with Crippen LogP contribution in [0.5, 0.6) is 0 Å². The Morgan fingerprint density at radius 3 is 2.46 bits per heavy atom. The second kappa shape index (κ2) is 7.45. The van der Waals surface area contributed by atoms with Crippen molar-refractivity contribution in [3.05, 3.63) is 54.4 Å². The number of carbonyl (C=O) groups is 1. The molecule has 1 aromatic carbocycles. The van der Waals surface area contributed by atoms with E-state index in [4.69, 9.17) is 0 Å². The van der Waals surface area contributed by atoms with Gasteiger partial charge in [-0.15, -0.1) is 0 Å². The van der Waals surface area contributed by atoms with E-state index in [2.05, 4.69) is 21.7 Å². The molecule has 0 saturated carbocycles. The van der Waals surface area contributed by atoms with Crippen LogP contribution in [0.2, 0.25) is 0 Å². The molecule has 0 atom stereocenters. The Labute approximate surface area is 143 Å². The monoisotopic (exact) mass is 324 g/mol. The lowest BCUT2D eigenvalue weighted by atomic mass is 10.2. The lowest BCUT2D eigenvalue weighted by Crippen LogP contribution is -2.48. The van der Waals surface area contributed by atoms with Gasteiger partial charge in [-0.3, -0.25) is 9.78 Å². The fourth-order valence-corrected chi connectivity index (χ4v) is 2.97. The first-order valence-corrected chi connectivity index (χ1v) is 8.45. The van der Waals surface area contributed by atoms with Crippen LogP contribution in [0.25, 0.3) is 0 Å². The predicted molar refractivity (Wildman–Crippen MR) is 96.8 cm³/mol. The number of para-hydroxylation sites is 1. The molecule has 126 valence electrons. The molecule has 0 radical (unpaired) electrons. The molecular weight excluding hydrogens is 300 g/mol. The minimum atomic E-state index is 0.0223. The zero-order chi connectivity index (χ0) is 16.9. The van der Waals surface area contributed by atoms with Crippen LogP contribution in [0.4, 0.5) is 11.4 Å². The number of hydrogen-bond acceptors (Lipinski definition) is 4. The number of benzene rings is 1. The van der Waals surface area contributed by atoms with Gasteiger partial charge in [-0.2, -0.15) is 0 Å². The standard InChI is InChI=1S/C19H24N4O/c1-3-22-11-13-23(14-12-22)19(24)18-15-17(9-10-20-18)21(2)16-7-5-4-6-8-16/h4-10,15H,3,11-14H2,1-2H3. The summed E-state index contributed by atoms with van der Waals surface area (Å²) in [6.45, 7) is 6.61. The Bertz CT molecular complexity index is 681. The molecule has 0 unspecified atom stereocenters. The van der Waals surface area contributed by atoms with Crippen LogP contribution < -0.4 is 4.90 Å². The van der Waals surface area contributed by atoms with Crippen LogP contribution in [0, 0.1) is 0 Å². The van der Waals surface area contributed by atoms with Gasteiger partial charge in [0.25, 0.3) is 5.91 Å². The molecule has 3 rings (SSSR count). The van der Waals surface area contributed by atoms with Crippen molar-refractivity contribution in [3.63, 3.8) is 0 Å². The molecule has 1 fully saturated rings. The summed E-state index contributed by atoms with van der Waals surface area (Å²) in [7, 11) is 2.00. The highest BCUT2D eigenvalue weighted by molar-refractivity contribution is 5.93. The third-order valence-electron chi connectivity index (χ3n) is 4.60. The maximum absolute atomic E-state index is 12.7. The molecule has 5 heteroatoms. The van der Waals surface area contributed by atoms with Gasteiger partial charge in [0, 0.05) is 50.8 Å². The van der Waals surface area contributed by atoms with Crippen LogP contribution in [0.15, 0.2) is 48.7 Å². The lowest BCUT2D eigenvalue weighted by molar-refractivity contribution is 0.0637. The molecule has 0 N–H and O–H groups in total. The van der Waals surface area contributed by atoms with Gasteiger partial charge in [0.15, 0.2) is 0 Å². The maximum atomic E-state index is 12.7. The van der Waals surface area contributed by atoms with Crippen LogP contribution in [0.1, 0.15) is 17.4 Å². The van der Waals surface area contributed by atoms with Crippen molar-refractivity contribution in [2.24, 2.45) is 0 Å². The molecule has 0 bridgehead atoms. The smallest absolute Gasteiger partial charge is 0.272 e. The van der Waals surface area contributed by atoms with Gasteiger partial charge in [0.1, 0.15) is 5.69 Å². The molecule has 1 saturated heterocycles. The number of hydrogen-bond donors (Lipinski definition) is 0. The van der Waals surface area contributed by atoms with E-state index in [-0.39, 0.29) is 5.91 Å². The Hall–Kier alpha value is -2.40. The fraction of sp³-hybridized carbons (Fsp3) is 0.368. The van der Waals surface area contributed by atoms with Crippen molar-refractivity contribution in [2.75, 3.05) is 44.7 Å². The molecule has 0 aliphatic carbocycles. The summed E-state index contributed by atoms with van der Waals surface area (Å²) < 4.78 is 0. The average molecular weight is 324 g/mol. The SMILES string of the molecule is CCN1CCN(C(=O)c2cc(N(C)c3ccccc3)ccn2)CC1. The summed E-state index contributed by atoms with van der Waals surface area (Å²) >= 11 is 0. The van der Waals surface area contributed by atoms with E-state index in [1.807, 2.05) is 54.4 Å². The van der Waals surface area contributed by atoms with E-state index in [9.17, 15) is 4.79 Å². The Balaban J connectivity index is 1.74. The summed E-state index contributed by atoms with van der Waals surface area (Å²) in [6.07, 6.45) is 1.71. The van der Waals surface area contributed by atoms with Gasteiger partial charge >= 0.3 is 0 Å². The second-order valence-corrected chi connectivity index (χ2v) is 6.02. The molecule has 1 aromatic heterocycles. The first-order valence-electron chi connectivity index (χ1n) is 8.45. The number of likely N-dealkylation sites (N-methyl/N-ethyl adjacent to an activating group) is 1. The van der Waals surface area contributed by atoms with Crippen molar-refractivity contribution < 1.29 is 4.79 Å². The zero-order valence-corrected chi connectivity index (χ0v) is 14.4. The number of pyridine rings is 1.